The second kappa shape index (κ2) is 10.4. The summed E-state index contributed by atoms with van der Waals surface area (Å²) in [6.45, 7) is 1.39. The van der Waals surface area contributed by atoms with E-state index in [1.807, 2.05) is 0 Å². The Balaban J connectivity index is 1.48. The van der Waals surface area contributed by atoms with E-state index in [-0.39, 0.29) is 23.0 Å². The Morgan fingerprint density at radius 3 is 2.50 bits per heavy atom. The molecule has 10 heteroatoms. The number of para-hydroxylation sites is 1. The monoisotopic (exact) mass is 507 g/mol. The van der Waals surface area contributed by atoms with Crippen LogP contribution in [-0.4, -0.2) is 30.4 Å². The molecule has 0 bridgehead atoms. The van der Waals surface area contributed by atoms with Crippen LogP contribution in [-0.2, 0) is 14.4 Å². The highest BCUT2D eigenvalue weighted by atomic mass is 35.5. The number of carbonyl (C=O) groups is 4. The molecule has 182 valence electrons. The number of amides is 5. The largest absolute Gasteiger partial charge is 0.482 e. The number of nitrogens with one attached hydrogen (secondary N) is 2. The van der Waals surface area contributed by atoms with Gasteiger partial charge in [-0.25, -0.2) is 14.1 Å². The molecule has 1 fully saturated rings. The molecule has 5 amide bonds. The number of benzene rings is 3. The summed E-state index contributed by atoms with van der Waals surface area (Å²) in [5.74, 6) is -2.30. The Kier molecular flexibility index (Phi) is 7.12. The van der Waals surface area contributed by atoms with Crippen molar-refractivity contribution in [3.8, 4) is 5.75 Å². The fraction of sp³-hybridized carbons (Fsp3) is 0.0769. The Hall–Kier alpha value is -4.50. The second-order valence-electron chi connectivity index (χ2n) is 7.78. The molecule has 1 aliphatic rings. The zero-order valence-corrected chi connectivity index (χ0v) is 19.6. The van der Waals surface area contributed by atoms with Crippen molar-refractivity contribution in [2.24, 2.45) is 0 Å². The van der Waals surface area contributed by atoms with Crippen LogP contribution in [0.15, 0.2) is 72.3 Å². The van der Waals surface area contributed by atoms with Crippen LogP contribution in [0.25, 0.3) is 6.08 Å². The minimum atomic E-state index is -0.836. The standard InChI is InChI=1S/C26H19ClFN3O5/c1-15-4-2-3-5-21(15)31-25(34)19(24(33)30-26(31)35)12-16-6-11-22(20(27)13-16)36-14-23(32)29-18-9-7-17(28)8-10-18/h2-13H,14H2,1H3,(H,29,32)(H,30,33,35)/b19-12+. The number of anilines is 2. The first-order valence-corrected chi connectivity index (χ1v) is 11.1. The van der Waals surface area contributed by atoms with Gasteiger partial charge in [0.05, 0.1) is 10.7 Å². The molecule has 0 aromatic heterocycles. The summed E-state index contributed by atoms with van der Waals surface area (Å²) in [7, 11) is 0. The fourth-order valence-electron chi connectivity index (χ4n) is 3.45. The highest BCUT2D eigenvalue weighted by Gasteiger charge is 2.37. The Morgan fingerprint density at radius 1 is 1.08 bits per heavy atom. The van der Waals surface area contributed by atoms with Gasteiger partial charge >= 0.3 is 6.03 Å². The summed E-state index contributed by atoms with van der Waals surface area (Å²) < 4.78 is 18.4. The Bertz CT molecular complexity index is 1400. The molecule has 0 atom stereocenters. The van der Waals surface area contributed by atoms with Crippen molar-refractivity contribution >= 4 is 52.8 Å². The van der Waals surface area contributed by atoms with E-state index in [0.29, 0.717) is 22.5 Å². The average molecular weight is 508 g/mol. The number of hydrogen-bond donors (Lipinski definition) is 2. The van der Waals surface area contributed by atoms with Crippen molar-refractivity contribution < 1.29 is 28.3 Å². The number of hydrogen-bond acceptors (Lipinski definition) is 5. The van der Waals surface area contributed by atoms with Crippen molar-refractivity contribution in [3.63, 3.8) is 0 Å². The van der Waals surface area contributed by atoms with Crippen LogP contribution in [0.2, 0.25) is 5.02 Å². The van der Waals surface area contributed by atoms with Gasteiger partial charge in [0, 0.05) is 5.69 Å². The molecule has 36 heavy (non-hydrogen) atoms. The zero-order valence-electron chi connectivity index (χ0n) is 18.9. The van der Waals surface area contributed by atoms with Crippen LogP contribution in [0, 0.1) is 12.7 Å². The van der Waals surface area contributed by atoms with E-state index < -0.39 is 29.6 Å². The van der Waals surface area contributed by atoms with Crippen molar-refractivity contribution in [1.82, 2.24) is 5.32 Å². The van der Waals surface area contributed by atoms with Gasteiger partial charge in [-0.15, -0.1) is 0 Å². The minimum Gasteiger partial charge on any atom is -0.482 e. The van der Waals surface area contributed by atoms with E-state index >= 15 is 0 Å². The van der Waals surface area contributed by atoms with Gasteiger partial charge < -0.3 is 10.1 Å². The molecular weight excluding hydrogens is 489 g/mol. The Morgan fingerprint density at radius 2 is 1.81 bits per heavy atom. The lowest BCUT2D eigenvalue weighted by Crippen LogP contribution is -2.54. The predicted molar refractivity (Wildman–Crippen MR) is 132 cm³/mol. The quantitative estimate of drug-likeness (QED) is 0.378. The first-order chi connectivity index (χ1) is 17.2. The number of halogens is 2. The summed E-state index contributed by atoms with van der Waals surface area (Å²) in [5, 5.41) is 4.87. The molecule has 3 aromatic rings. The molecule has 3 aromatic carbocycles. The molecule has 2 N–H and O–H groups in total. The van der Waals surface area contributed by atoms with Gasteiger partial charge in [0.1, 0.15) is 17.1 Å². The molecule has 0 spiro atoms. The van der Waals surface area contributed by atoms with E-state index in [1.54, 1.807) is 37.3 Å². The third-order valence-electron chi connectivity index (χ3n) is 5.21. The van der Waals surface area contributed by atoms with Gasteiger partial charge in [-0.05, 0) is 66.6 Å². The van der Waals surface area contributed by atoms with E-state index in [0.717, 1.165) is 4.90 Å². The van der Waals surface area contributed by atoms with Crippen LogP contribution >= 0.6 is 11.6 Å². The molecule has 1 heterocycles. The molecular formula is C26H19ClFN3O5. The molecule has 0 radical (unpaired) electrons. The smallest absolute Gasteiger partial charge is 0.335 e. The summed E-state index contributed by atoms with van der Waals surface area (Å²) in [4.78, 5) is 50.8. The molecule has 1 aliphatic heterocycles. The van der Waals surface area contributed by atoms with Crippen molar-refractivity contribution in [2.45, 2.75) is 6.92 Å². The lowest BCUT2D eigenvalue weighted by Gasteiger charge is -2.27. The summed E-state index contributed by atoms with van der Waals surface area (Å²) >= 11 is 6.27. The fourth-order valence-corrected chi connectivity index (χ4v) is 3.70. The normalized spacial score (nSPS) is 14.6. The summed E-state index contributed by atoms with van der Waals surface area (Å²) in [6.07, 6.45) is 1.31. The van der Waals surface area contributed by atoms with E-state index in [1.165, 1.54) is 42.5 Å². The maximum absolute atomic E-state index is 13.1. The average Bonchev–Trinajstić information content (AvgIpc) is 2.84. The van der Waals surface area contributed by atoms with E-state index in [9.17, 15) is 23.6 Å². The third-order valence-corrected chi connectivity index (χ3v) is 5.51. The number of rotatable bonds is 6. The number of nitrogens with zero attached hydrogens (tertiary/aromatic N) is 1. The first-order valence-electron chi connectivity index (χ1n) is 10.7. The lowest BCUT2D eigenvalue weighted by molar-refractivity contribution is -0.122. The van der Waals surface area contributed by atoms with E-state index in [2.05, 4.69) is 10.6 Å². The number of aryl methyl sites for hydroxylation is 1. The highest BCUT2D eigenvalue weighted by molar-refractivity contribution is 6.39. The first kappa shape index (κ1) is 24.6. The third kappa shape index (κ3) is 5.42. The number of ether oxygens (including phenoxy) is 1. The number of urea groups is 1. The molecule has 0 unspecified atom stereocenters. The van der Waals surface area contributed by atoms with Crippen molar-refractivity contribution in [1.29, 1.82) is 0 Å². The van der Waals surface area contributed by atoms with Crippen molar-refractivity contribution in [2.75, 3.05) is 16.8 Å². The van der Waals surface area contributed by atoms with Crippen LogP contribution in [0.1, 0.15) is 11.1 Å². The second-order valence-corrected chi connectivity index (χ2v) is 8.19. The number of imide groups is 2. The highest BCUT2D eigenvalue weighted by Crippen LogP contribution is 2.28. The molecule has 1 saturated heterocycles. The number of barbiturate groups is 1. The molecule has 0 aliphatic carbocycles. The van der Waals surface area contributed by atoms with Crippen LogP contribution in [0.5, 0.6) is 5.75 Å². The van der Waals surface area contributed by atoms with Crippen LogP contribution < -0.4 is 20.3 Å². The summed E-state index contributed by atoms with van der Waals surface area (Å²) in [6, 6.07) is 15.7. The maximum Gasteiger partial charge on any atom is 0.335 e. The van der Waals surface area contributed by atoms with E-state index in [4.69, 9.17) is 16.3 Å². The van der Waals surface area contributed by atoms with Gasteiger partial charge in [0.25, 0.3) is 17.7 Å². The maximum atomic E-state index is 13.1. The molecule has 8 nitrogen and oxygen atoms in total. The number of carbonyl (C=O) groups excluding carboxylic acids is 4. The predicted octanol–water partition coefficient (Wildman–Crippen LogP) is 4.47. The lowest BCUT2D eigenvalue weighted by atomic mass is 10.1. The minimum absolute atomic E-state index is 0.134. The molecule has 0 saturated carbocycles. The van der Waals surface area contributed by atoms with Crippen LogP contribution in [0.3, 0.4) is 0 Å². The van der Waals surface area contributed by atoms with Gasteiger partial charge in [-0.3, -0.25) is 19.7 Å². The summed E-state index contributed by atoms with van der Waals surface area (Å²) in [5.41, 5.74) is 1.61. The van der Waals surface area contributed by atoms with Gasteiger partial charge in [0.15, 0.2) is 6.61 Å². The zero-order chi connectivity index (χ0) is 25.8. The van der Waals surface area contributed by atoms with Gasteiger partial charge in [-0.2, -0.15) is 0 Å². The van der Waals surface area contributed by atoms with Crippen LogP contribution in [0.4, 0.5) is 20.6 Å². The van der Waals surface area contributed by atoms with Crippen molar-refractivity contribution in [3.05, 3.63) is 94.3 Å². The topological polar surface area (TPSA) is 105 Å². The molecule has 4 rings (SSSR count). The Labute approximate surface area is 210 Å². The van der Waals surface area contributed by atoms with Gasteiger partial charge in [0.2, 0.25) is 0 Å². The SMILES string of the molecule is Cc1ccccc1N1C(=O)NC(=O)/C(=C\c2ccc(OCC(=O)Nc3ccc(F)cc3)c(Cl)c2)C1=O. The van der Waals surface area contributed by atoms with Gasteiger partial charge in [-0.1, -0.05) is 35.9 Å².